The Kier molecular flexibility index (Phi) is 5.12. The van der Waals surface area contributed by atoms with Gasteiger partial charge in [-0.2, -0.15) is 0 Å². The summed E-state index contributed by atoms with van der Waals surface area (Å²) >= 11 is 0. The number of hydrogen-bond donors (Lipinski definition) is 1. The van der Waals surface area contributed by atoms with E-state index in [1.165, 1.54) is 12.1 Å². The van der Waals surface area contributed by atoms with Crippen molar-refractivity contribution in [2.75, 3.05) is 6.61 Å². The van der Waals surface area contributed by atoms with Gasteiger partial charge in [0.05, 0.1) is 22.5 Å². The third kappa shape index (κ3) is 3.64. The Labute approximate surface area is 149 Å². The molecule has 0 spiro atoms. The molecule has 1 N–H and O–H groups in total. The number of rotatable bonds is 7. The second-order valence-corrected chi connectivity index (χ2v) is 5.55. The molecular weight excluding hydrogens is 336 g/mol. The number of carbonyl (C=O) groups excluding carboxylic acids is 1. The minimum absolute atomic E-state index is 0.0634. The molecule has 3 rings (SSSR count). The Balaban J connectivity index is 1.62. The summed E-state index contributed by atoms with van der Waals surface area (Å²) in [5.41, 5.74) is 1.71. The van der Waals surface area contributed by atoms with Crippen LogP contribution in [0, 0.1) is 10.1 Å². The largest absolute Gasteiger partial charge is 0.477 e. The lowest BCUT2D eigenvalue weighted by atomic mass is 10.3. The minimum Gasteiger partial charge on any atom is -0.477 e. The molecule has 0 unspecified atom stereocenters. The highest BCUT2D eigenvalue weighted by atomic mass is 16.6. The Morgan fingerprint density at radius 1 is 1.23 bits per heavy atom. The van der Waals surface area contributed by atoms with Gasteiger partial charge in [0.1, 0.15) is 5.82 Å². The fourth-order valence-electron chi connectivity index (χ4n) is 2.72. The van der Waals surface area contributed by atoms with Crippen LogP contribution in [0.2, 0.25) is 0 Å². The zero-order valence-corrected chi connectivity index (χ0v) is 14.2. The quantitative estimate of drug-likeness (QED) is 0.519. The lowest BCUT2D eigenvalue weighted by molar-refractivity contribution is -0.385. The molecule has 1 amide bonds. The summed E-state index contributed by atoms with van der Waals surface area (Å²) in [6, 6.07) is 13.7. The van der Waals surface area contributed by atoms with E-state index in [0.717, 1.165) is 23.4 Å². The number of ether oxygens (including phenoxy) is 1. The first-order valence-electron chi connectivity index (χ1n) is 8.17. The highest BCUT2D eigenvalue weighted by Crippen LogP contribution is 2.25. The average molecular weight is 354 g/mol. The lowest BCUT2D eigenvalue weighted by Crippen LogP contribution is -2.29. The Bertz CT molecular complexity index is 951. The molecule has 8 nitrogen and oxygen atoms in total. The summed E-state index contributed by atoms with van der Waals surface area (Å²) in [5, 5.41) is 13.7. The van der Waals surface area contributed by atoms with Crippen molar-refractivity contribution < 1.29 is 14.5 Å². The number of aromatic nitrogens is 2. The Hall–Kier alpha value is -3.42. The van der Waals surface area contributed by atoms with Gasteiger partial charge in [0.15, 0.2) is 12.4 Å². The Morgan fingerprint density at radius 2 is 1.96 bits per heavy atom. The number of aryl methyl sites for hydroxylation is 1. The van der Waals surface area contributed by atoms with Gasteiger partial charge in [-0.15, -0.1) is 0 Å². The van der Waals surface area contributed by atoms with E-state index >= 15 is 0 Å². The SMILES string of the molecule is CCn1c(CNC(=O)COc2ccccc2[N+](=O)[O-])nc2ccccc21. The van der Waals surface area contributed by atoms with Gasteiger partial charge in [-0.25, -0.2) is 4.98 Å². The van der Waals surface area contributed by atoms with Gasteiger partial charge < -0.3 is 14.6 Å². The van der Waals surface area contributed by atoms with Crippen molar-refractivity contribution in [1.82, 2.24) is 14.9 Å². The molecule has 1 aromatic heterocycles. The molecular formula is C18H18N4O4. The van der Waals surface area contributed by atoms with Crippen LogP contribution in [0.15, 0.2) is 48.5 Å². The molecule has 0 aliphatic rings. The number of nitro benzene ring substituents is 1. The normalized spacial score (nSPS) is 10.7. The molecule has 0 saturated carbocycles. The van der Waals surface area contributed by atoms with Crippen molar-refractivity contribution in [3.05, 3.63) is 64.5 Å². The van der Waals surface area contributed by atoms with Crippen LogP contribution in [0.1, 0.15) is 12.7 Å². The van der Waals surface area contributed by atoms with E-state index in [1.807, 2.05) is 35.8 Å². The highest BCUT2D eigenvalue weighted by Gasteiger charge is 2.15. The molecule has 0 fully saturated rings. The molecule has 134 valence electrons. The number of para-hydroxylation sites is 4. The van der Waals surface area contributed by atoms with E-state index in [-0.39, 0.29) is 30.5 Å². The Morgan fingerprint density at radius 3 is 2.73 bits per heavy atom. The summed E-state index contributed by atoms with van der Waals surface area (Å²) in [5.74, 6) is 0.430. The molecule has 1 heterocycles. The van der Waals surface area contributed by atoms with Crippen LogP contribution in [0.3, 0.4) is 0 Å². The van der Waals surface area contributed by atoms with Crippen LogP contribution in [0.5, 0.6) is 5.75 Å². The van der Waals surface area contributed by atoms with Gasteiger partial charge in [-0.05, 0) is 25.1 Å². The third-order valence-corrected chi connectivity index (χ3v) is 3.91. The van der Waals surface area contributed by atoms with Crippen molar-refractivity contribution in [3.8, 4) is 5.75 Å². The van der Waals surface area contributed by atoms with Crippen molar-refractivity contribution in [1.29, 1.82) is 0 Å². The minimum atomic E-state index is -0.545. The van der Waals surface area contributed by atoms with Crippen LogP contribution in [0.25, 0.3) is 11.0 Å². The second-order valence-electron chi connectivity index (χ2n) is 5.55. The van der Waals surface area contributed by atoms with Gasteiger partial charge in [-0.3, -0.25) is 14.9 Å². The number of nitrogens with zero attached hydrogens (tertiary/aromatic N) is 3. The molecule has 0 aliphatic carbocycles. The predicted molar refractivity (Wildman–Crippen MR) is 95.8 cm³/mol. The summed E-state index contributed by atoms with van der Waals surface area (Å²) in [4.78, 5) is 27.0. The maximum atomic E-state index is 12.0. The zero-order chi connectivity index (χ0) is 18.5. The van der Waals surface area contributed by atoms with Gasteiger partial charge in [0.2, 0.25) is 0 Å². The summed E-state index contributed by atoms with van der Waals surface area (Å²) in [6.07, 6.45) is 0. The van der Waals surface area contributed by atoms with Gasteiger partial charge in [-0.1, -0.05) is 24.3 Å². The molecule has 0 atom stereocenters. The molecule has 8 heteroatoms. The van der Waals surface area contributed by atoms with E-state index in [9.17, 15) is 14.9 Å². The van der Waals surface area contributed by atoms with E-state index in [4.69, 9.17) is 4.74 Å². The van der Waals surface area contributed by atoms with E-state index in [2.05, 4.69) is 10.3 Å². The molecule has 0 radical (unpaired) electrons. The molecule has 0 saturated heterocycles. The van der Waals surface area contributed by atoms with Crippen LogP contribution in [-0.4, -0.2) is 27.0 Å². The van der Waals surface area contributed by atoms with Crippen molar-refractivity contribution in [3.63, 3.8) is 0 Å². The van der Waals surface area contributed by atoms with Gasteiger partial charge >= 0.3 is 5.69 Å². The third-order valence-electron chi connectivity index (χ3n) is 3.91. The molecule has 0 bridgehead atoms. The first-order chi connectivity index (χ1) is 12.6. The summed E-state index contributed by atoms with van der Waals surface area (Å²) in [6.45, 7) is 2.69. The lowest BCUT2D eigenvalue weighted by Gasteiger charge is -2.09. The number of benzene rings is 2. The number of imidazole rings is 1. The smallest absolute Gasteiger partial charge is 0.310 e. The molecule has 26 heavy (non-hydrogen) atoms. The van der Waals surface area contributed by atoms with Crippen molar-refractivity contribution >= 4 is 22.6 Å². The molecule has 0 aliphatic heterocycles. The molecule has 3 aromatic rings. The van der Waals surface area contributed by atoms with Crippen LogP contribution in [-0.2, 0) is 17.9 Å². The number of fused-ring (bicyclic) bond motifs is 1. The van der Waals surface area contributed by atoms with Crippen LogP contribution in [0.4, 0.5) is 5.69 Å². The van der Waals surface area contributed by atoms with Crippen molar-refractivity contribution in [2.24, 2.45) is 0 Å². The first kappa shape index (κ1) is 17.4. The number of carbonyl (C=O) groups is 1. The van der Waals surface area contributed by atoms with E-state index in [1.54, 1.807) is 12.1 Å². The maximum Gasteiger partial charge on any atom is 0.310 e. The highest BCUT2D eigenvalue weighted by molar-refractivity contribution is 5.78. The monoisotopic (exact) mass is 354 g/mol. The standard InChI is InChI=1S/C18H18N4O4/c1-2-21-14-8-4-3-7-13(14)20-17(21)11-19-18(23)12-26-16-10-6-5-9-15(16)22(24)25/h3-10H,2,11-12H2,1H3,(H,19,23). The van der Waals surface area contributed by atoms with E-state index < -0.39 is 4.92 Å². The number of hydrogen-bond acceptors (Lipinski definition) is 5. The van der Waals surface area contributed by atoms with Crippen LogP contribution < -0.4 is 10.1 Å². The fourth-order valence-corrected chi connectivity index (χ4v) is 2.72. The maximum absolute atomic E-state index is 12.0. The van der Waals surface area contributed by atoms with E-state index in [0.29, 0.717) is 0 Å². The summed E-state index contributed by atoms with van der Waals surface area (Å²) < 4.78 is 7.31. The molecule has 2 aromatic carbocycles. The number of amides is 1. The fraction of sp³-hybridized carbons (Fsp3) is 0.222. The number of nitrogens with one attached hydrogen (secondary N) is 1. The van der Waals surface area contributed by atoms with Crippen LogP contribution >= 0.6 is 0 Å². The first-order valence-corrected chi connectivity index (χ1v) is 8.17. The topological polar surface area (TPSA) is 99.3 Å². The number of nitro groups is 1. The second kappa shape index (κ2) is 7.64. The zero-order valence-electron chi connectivity index (χ0n) is 14.2. The van der Waals surface area contributed by atoms with Gasteiger partial charge in [0, 0.05) is 12.6 Å². The predicted octanol–water partition coefficient (Wildman–Crippen LogP) is 2.66. The van der Waals surface area contributed by atoms with Crippen molar-refractivity contribution in [2.45, 2.75) is 20.0 Å². The summed E-state index contributed by atoms with van der Waals surface area (Å²) in [7, 11) is 0. The average Bonchev–Trinajstić information content (AvgIpc) is 3.02. The van der Waals surface area contributed by atoms with Gasteiger partial charge in [0.25, 0.3) is 5.91 Å².